The van der Waals surface area contributed by atoms with Gasteiger partial charge in [0.25, 0.3) is 0 Å². The topological polar surface area (TPSA) is 52.3 Å². The molecule has 3 heteroatoms. The molecule has 0 saturated carbocycles. The van der Waals surface area contributed by atoms with Crippen molar-refractivity contribution in [3.8, 4) is 0 Å². The fourth-order valence-corrected chi connectivity index (χ4v) is 2.40. The first kappa shape index (κ1) is 17.7. The highest BCUT2D eigenvalue weighted by Gasteiger charge is 2.01. The largest absolute Gasteiger partial charge is 0.466 e. The maximum absolute atomic E-state index is 11.2. The van der Waals surface area contributed by atoms with Crippen LogP contribution in [0.4, 0.5) is 0 Å². The zero-order valence-corrected chi connectivity index (χ0v) is 13.3. The second-order valence-electron chi connectivity index (χ2n) is 5.43. The number of ether oxygens (including phenoxy) is 1. The van der Waals surface area contributed by atoms with Crippen LogP contribution >= 0.6 is 0 Å². The van der Waals surface area contributed by atoms with Gasteiger partial charge in [0.2, 0.25) is 0 Å². The molecule has 0 heterocycles. The molecule has 0 aromatic heterocycles. The van der Waals surface area contributed by atoms with Crippen molar-refractivity contribution in [3.05, 3.63) is 35.4 Å². The third kappa shape index (κ3) is 8.51. The van der Waals surface area contributed by atoms with E-state index in [4.69, 9.17) is 10.5 Å². The van der Waals surface area contributed by atoms with E-state index in [2.05, 4.69) is 24.3 Å². The zero-order chi connectivity index (χ0) is 15.3. The van der Waals surface area contributed by atoms with Crippen molar-refractivity contribution in [2.75, 3.05) is 13.2 Å². The van der Waals surface area contributed by atoms with Gasteiger partial charge in [-0.15, -0.1) is 0 Å². The number of carbonyl (C=O) groups is 1. The Balaban J connectivity index is 2.02. The third-order valence-corrected chi connectivity index (χ3v) is 3.61. The molecule has 3 nitrogen and oxygen atoms in total. The van der Waals surface area contributed by atoms with Crippen LogP contribution in [0.15, 0.2) is 24.3 Å². The van der Waals surface area contributed by atoms with Gasteiger partial charge >= 0.3 is 5.97 Å². The van der Waals surface area contributed by atoms with Gasteiger partial charge in [-0.3, -0.25) is 4.79 Å². The number of aryl methyl sites for hydroxylation is 1. The Bertz CT molecular complexity index is 387. The predicted molar refractivity (Wildman–Crippen MR) is 87.2 cm³/mol. The highest BCUT2D eigenvalue weighted by molar-refractivity contribution is 5.69. The summed E-state index contributed by atoms with van der Waals surface area (Å²) in [5.74, 6) is -0.0601. The van der Waals surface area contributed by atoms with Gasteiger partial charge < -0.3 is 10.5 Å². The minimum atomic E-state index is -0.0601. The van der Waals surface area contributed by atoms with Gasteiger partial charge in [0.15, 0.2) is 0 Å². The summed E-state index contributed by atoms with van der Waals surface area (Å²) in [6.45, 7) is 3.05. The maximum Gasteiger partial charge on any atom is 0.305 e. The summed E-state index contributed by atoms with van der Waals surface area (Å²) >= 11 is 0. The molecule has 1 aromatic rings. The Morgan fingerprint density at radius 1 is 0.952 bits per heavy atom. The summed E-state index contributed by atoms with van der Waals surface area (Å²) in [6, 6.07) is 8.79. The molecule has 118 valence electrons. The summed E-state index contributed by atoms with van der Waals surface area (Å²) < 4.78 is 4.91. The van der Waals surface area contributed by atoms with Gasteiger partial charge in [0.05, 0.1) is 6.61 Å². The first-order valence-corrected chi connectivity index (χ1v) is 8.19. The average Bonchev–Trinajstić information content (AvgIpc) is 2.48. The number of benzene rings is 1. The number of nitrogens with two attached hydrogens (primary N) is 1. The number of rotatable bonds is 11. The van der Waals surface area contributed by atoms with Crippen molar-refractivity contribution in [2.24, 2.45) is 5.73 Å². The fraction of sp³-hybridized carbons (Fsp3) is 0.611. The molecule has 1 aromatic carbocycles. The van der Waals surface area contributed by atoms with Crippen LogP contribution in [0.5, 0.6) is 0 Å². The smallest absolute Gasteiger partial charge is 0.305 e. The molecular weight excluding hydrogens is 262 g/mol. The maximum atomic E-state index is 11.2. The Labute approximate surface area is 128 Å². The van der Waals surface area contributed by atoms with Crippen molar-refractivity contribution in [3.63, 3.8) is 0 Å². The molecule has 21 heavy (non-hydrogen) atoms. The van der Waals surface area contributed by atoms with Gasteiger partial charge in [0.1, 0.15) is 0 Å². The Hall–Kier alpha value is -1.35. The zero-order valence-electron chi connectivity index (χ0n) is 13.3. The van der Waals surface area contributed by atoms with Crippen LogP contribution in [-0.2, 0) is 22.4 Å². The molecule has 1 rings (SSSR count). The Morgan fingerprint density at radius 2 is 1.52 bits per heavy atom. The summed E-state index contributed by atoms with van der Waals surface area (Å²) in [7, 11) is 0. The highest BCUT2D eigenvalue weighted by atomic mass is 16.5. The number of unbranched alkanes of at least 4 members (excludes halogenated alkanes) is 4. The van der Waals surface area contributed by atoms with Crippen LogP contribution in [0.25, 0.3) is 0 Å². The van der Waals surface area contributed by atoms with Gasteiger partial charge in [-0.2, -0.15) is 0 Å². The van der Waals surface area contributed by atoms with Crippen molar-refractivity contribution >= 4 is 5.97 Å². The predicted octanol–water partition coefficient (Wildman–Crippen LogP) is 3.63. The average molecular weight is 291 g/mol. The summed E-state index contributed by atoms with van der Waals surface area (Å²) in [4.78, 5) is 11.2. The van der Waals surface area contributed by atoms with E-state index in [9.17, 15) is 4.79 Å². The normalized spacial score (nSPS) is 10.6. The Kier molecular flexibility index (Phi) is 9.55. The second kappa shape index (κ2) is 11.3. The van der Waals surface area contributed by atoms with E-state index in [-0.39, 0.29) is 5.97 Å². The first-order valence-electron chi connectivity index (χ1n) is 8.19. The lowest BCUT2D eigenvalue weighted by molar-refractivity contribution is -0.143. The third-order valence-electron chi connectivity index (χ3n) is 3.61. The minimum Gasteiger partial charge on any atom is -0.466 e. The molecule has 0 atom stereocenters. The number of esters is 1. The van der Waals surface area contributed by atoms with Gasteiger partial charge in [-0.25, -0.2) is 0 Å². The summed E-state index contributed by atoms with van der Waals surface area (Å²) in [6.07, 6.45) is 8.38. The molecule has 0 aliphatic heterocycles. The van der Waals surface area contributed by atoms with Crippen molar-refractivity contribution in [2.45, 2.75) is 58.3 Å². The Morgan fingerprint density at radius 3 is 2.14 bits per heavy atom. The van der Waals surface area contributed by atoms with Crippen LogP contribution in [0.1, 0.15) is 56.6 Å². The molecule has 0 amide bonds. The van der Waals surface area contributed by atoms with Crippen LogP contribution in [0.3, 0.4) is 0 Å². The van der Waals surface area contributed by atoms with Crippen LogP contribution in [0, 0.1) is 0 Å². The lowest BCUT2D eigenvalue weighted by Gasteiger charge is -2.04. The standard InChI is InChI=1S/C18H29NO2/c1-2-21-18(20)9-7-5-3-4-6-8-16-10-12-17(13-11-16)14-15-19/h10-13H,2-9,14-15,19H2,1H3. The van der Waals surface area contributed by atoms with E-state index in [1.165, 1.54) is 30.4 Å². The molecule has 0 radical (unpaired) electrons. The molecule has 2 N–H and O–H groups in total. The van der Waals surface area contributed by atoms with Crippen molar-refractivity contribution in [1.82, 2.24) is 0 Å². The van der Waals surface area contributed by atoms with Gasteiger partial charge in [-0.1, -0.05) is 43.5 Å². The molecule has 0 spiro atoms. The van der Waals surface area contributed by atoms with E-state index in [0.717, 1.165) is 25.7 Å². The summed E-state index contributed by atoms with van der Waals surface area (Å²) in [5.41, 5.74) is 8.27. The molecular formula is C18H29NO2. The summed E-state index contributed by atoms with van der Waals surface area (Å²) in [5, 5.41) is 0. The molecule has 0 saturated heterocycles. The van der Waals surface area contributed by atoms with Crippen LogP contribution < -0.4 is 5.73 Å². The molecule has 0 bridgehead atoms. The van der Waals surface area contributed by atoms with Crippen molar-refractivity contribution in [1.29, 1.82) is 0 Å². The van der Waals surface area contributed by atoms with Crippen LogP contribution in [0.2, 0.25) is 0 Å². The quantitative estimate of drug-likeness (QED) is 0.500. The lowest BCUT2D eigenvalue weighted by Crippen LogP contribution is -2.03. The molecule has 0 fully saturated rings. The lowest BCUT2D eigenvalue weighted by atomic mass is 10.0. The van der Waals surface area contributed by atoms with E-state index >= 15 is 0 Å². The van der Waals surface area contributed by atoms with Crippen molar-refractivity contribution < 1.29 is 9.53 Å². The fourth-order valence-electron chi connectivity index (χ4n) is 2.40. The molecule has 0 aliphatic carbocycles. The van der Waals surface area contributed by atoms with E-state index in [0.29, 0.717) is 19.6 Å². The monoisotopic (exact) mass is 291 g/mol. The minimum absolute atomic E-state index is 0.0601. The number of hydrogen-bond acceptors (Lipinski definition) is 3. The van der Waals surface area contributed by atoms with Gasteiger partial charge in [-0.05, 0) is 50.3 Å². The number of carbonyl (C=O) groups excluding carboxylic acids is 1. The second-order valence-corrected chi connectivity index (χ2v) is 5.43. The molecule has 0 aliphatic rings. The van der Waals surface area contributed by atoms with Crippen LogP contribution in [-0.4, -0.2) is 19.1 Å². The number of hydrogen-bond donors (Lipinski definition) is 1. The van der Waals surface area contributed by atoms with E-state index in [1.807, 2.05) is 6.92 Å². The highest BCUT2D eigenvalue weighted by Crippen LogP contribution is 2.11. The van der Waals surface area contributed by atoms with Gasteiger partial charge in [0, 0.05) is 6.42 Å². The van der Waals surface area contributed by atoms with E-state index < -0.39 is 0 Å². The SMILES string of the molecule is CCOC(=O)CCCCCCCc1ccc(CCN)cc1. The molecule has 0 unspecified atom stereocenters. The van der Waals surface area contributed by atoms with E-state index in [1.54, 1.807) is 0 Å². The first-order chi connectivity index (χ1) is 10.3.